The van der Waals surface area contributed by atoms with Crippen LogP contribution in [0.5, 0.6) is 0 Å². The van der Waals surface area contributed by atoms with E-state index in [9.17, 15) is 9.90 Å². The highest BCUT2D eigenvalue weighted by molar-refractivity contribution is 5.75. The lowest BCUT2D eigenvalue weighted by molar-refractivity contribution is -0.368. The Morgan fingerprint density at radius 3 is 1.85 bits per heavy atom. The molecule has 0 fully saturated rings. The highest BCUT2D eigenvalue weighted by Crippen LogP contribution is 2.12. The minimum absolute atomic E-state index is 0.0995. The molecule has 0 aromatic rings. The fourth-order valence-corrected chi connectivity index (χ4v) is 0.759. The summed E-state index contributed by atoms with van der Waals surface area (Å²) in [4.78, 5) is 11.1. The van der Waals surface area contributed by atoms with E-state index in [-0.39, 0.29) is 19.8 Å². The lowest BCUT2D eigenvalue weighted by atomic mass is 10.5. The van der Waals surface area contributed by atoms with Gasteiger partial charge in [-0.1, -0.05) is 0 Å². The van der Waals surface area contributed by atoms with E-state index < -0.39 is 11.9 Å². The Kier molecular flexibility index (Phi) is 5.61. The fraction of sp³-hybridized carbons (Fsp3) is 0.875. The van der Waals surface area contributed by atoms with Crippen molar-refractivity contribution in [1.29, 1.82) is 0 Å². The van der Waals surface area contributed by atoms with Crippen molar-refractivity contribution in [1.82, 2.24) is 0 Å². The number of hydrogen-bond donors (Lipinski definition) is 0. The molecule has 5 nitrogen and oxygen atoms in total. The van der Waals surface area contributed by atoms with Gasteiger partial charge in [0.2, 0.25) is 0 Å². The normalized spacial score (nSPS) is 11.4. The van der Waals surface area contributed by atoms with Gasteiger partial charge < -0.3 is 14.2 Å². The van der Waals surface area contributed by atoms with Crippen LogP contribution in [-0.2, 0) is 24.1 Å². The molecule has 0 saturated carbocycles. The first-order valence-corrected chi connectivity index (χ1v) is 4.26. The average molecular weight is 191 g/mol. The van der Waals surface area contributed by atoms with Crippen molar-refractivity contribution in [3.63, 3.8) is 0 Å². The third kappa shape index (κ3) is 3.71. The molecule has 0 N–H and O–H groups in total. The quantitative estimate of drug-likeness (QED) is 0.458. The highest BCUT2D eigenvalue weighted by Gasteiger charge is 2.42. The van der Waals surface area contributed by atoms with Gasteiger partial charge in [0, 0.05) is 0 Å². The Balaban J connectivity index is 4.27. The van der Waals surface area contributed by atoms with E-state index in [1.807, 2.05) is 0 Å². The lowest BCUT2D eigenvalue weighted by Crippen LogP contribution is -2.44. The van der Waals surface area contributed by atoms with Gasteiger partial charge in [-0.05, 0) is 20.8 Å². The second-order valence-corrected chi connectivity index (χ2v) is 2.14. The summed E-state index contributed by atoms with van der Waals surface area (Å²) in [6.07, 6.45) is 0. The molecule has 0 aliphatic rings. The summed E-state index contributed by atoms with van der Waals surface area (Å²) in [5.41, 5.74) is 0. The molecule has 0 aliphatic heterocycles. The highest BCUT2D eigenvalue weighted by atomic mass is 16.8. The molecule has 0 unspecified atom stereocenters. The summed E-state index contributed by atoms with van der Waals surface area (Å²) in [7, 11) is 0. The van der Waals surface area contributed by atoms with Gasteiger partial charge in [-0.15, -0.1) is 0 Å². The second kappa shape index (κ2) is 5.90. The molecule has 0 atom stereocenters. The molecule has 0 spiro atoms. The predicted molar refractivity (Wildman–Crippen MR) is 43.3 cm³/mol. The van der Waals surface area contributed by atoms with Crippen LogP contribution in [0.15, 0.2) is 0 Å². The van der Waals surface area contributed by atoms with Crippen molar-refractivity contribution in [3.05, 3.63) is 0 Å². The monoisotopic (exact) mass is 191 g/mol. The van der Waals surface area contributed by atoms with Crippen LogP contribution in [0.1, 0.15) is 20.8 Å². The Labute approximate surface area is 77.6 Å². The molecule has 77 valence electrons. The van der Waals surface area contributed by atoms with Gasteiger partial charge in [-0.2, -0.15) is 5.11 Å². The van der Waals surface area contributed by atoms with Crippen LogP contribution in [0.25, 0.3) is 0 Å². The van der Waals surface area contributed by atoms with Crippen LogP contribution < -0.4 is 0 Å². The number of rotatable bonds is 6. The zero-order chi connectivity index (χ0) is 10.3. The van der Waals surface area contributed by atoms with Gasteiger partial charge in [0.15, 0.2) is 0 Å². The lowest BCUT2D eigenvalue weighted by Gasteiger charge is -2.21. The molecule has 0 saturated heterocycles. The van der Waals surface area contributed by atoms with Gasteiger partial charge in [0.25, 0.3) is 0 Å². The van der Waals surface area contributed by atoms with E-state index in [4.69, 9.17) is 0 Å². The number of carbonyl (C=O) groups excluding carboxylic acids is 1. The van der Waals surface area contributed by atoms with Crippen LogP contribution in [0, 0.1) is 0 Å². The predicted octanol–water partition coefficient (Wildman–Crippen LogP) is 0.707. The van der Waals surface area contributed by atoms with E-state index >= 15 is 0 Å². The van der Waals surface area contributed by atoms with E-state index in [1.54, 1.807) is 20.8 Å². The van der Waals surface area contributed by atoms with Gasteiger partial charge in [0.1, 0.15) is 0 Å². The van der Waals surface area contributed by atoms with Gasteiger partial charge >= 0.3 is 11.9 Å². The summed E-state index contributed by atoms with van der Waals surface area (Å²) >= 11 is 0. The smallest absolute Gasteiger partial charge is 0.414 e. The fourth-order valence-electron chi connectivity index (χ4n) is 0.759. The SMILES string of the molecule is CCOC(=O)C([O])(OCC)OCC. The first-order chi connectivity index (χ1) is 6.10. The minimum Gasteiger partial charge on any atom is -0.460 e. The average Bonchev–Trinajstić information content (AvgIpc) is 2.05. The maximum absolute atomic E-state index is 11.5. The van der Waals surface area contributed by atoms with E-state index in [0.29, 0.717) is 0 Å². The zero-order valence-corrected chi connectivity index (χ0v) is 8.16. The molecule has 0 rings (SSSR count). The number of esters is 1. The van der Waals surface area contributed by atoms with Crippen molar-refractivity contribution < 1.29 is 24.1 Å². The van der Waals surface area contributed by atoms with E-state index in [0.717, 1.165) is 0 Å². The number of carbonyl (C=O) groups is 1. The standard InChI is InChI=1S/C8H15O5/c1-4-11-7(9)8(10,12-5-2)13-6-3/h4-6H2,1-3H3. The van der Waals surface area contributed by atoms with Crippen molar-refractivity contribution in [2.75, 3.05) is 19.8 Å². The van der Waals surface area contributed by atoms with Crippen LogP contribution in [0.4, 0.5) is 0 Å². The summed E-state index contributed by atoms with van der Waals surface area (Å²) in [5, 5.41) is 11.5. The van der Waals surface area contributed by atoms with Gasteiger partial charge in [-0.25, -0.2) is 4.79 Å². The van der Waals surface area contributed by atoms with Gasteiger partial charge in [0.05, 0.1) is 19.8 Å². The van der Waals surface area contributed by atoms with Crippen molar-refractivity contribution in [2.45, 2.75) is 26.7 Å². The number of ether oxygens (including phenoxy) is 3. The Morgan fingerprint density at radius 1 is 1.08 bits per heavy atom. The van der Waals surface area contributed by atoms with Crippen LogP contribution >= 0.6 is 0 Å². The topological polar surface area (TPSA) is 64.7 Å². The summed E-state index contributed by atoms with van der Waals surface area (Å²) in [6, 6.07) is 0. The van der Waals surface area contributed by atoms with Crippen molar-refractivity contribution in [2.24, 2.45) is 0 Å². The summed E-state index contributed by atoms with van der Waals surface area (Å²) in [5.74, 6) is -3.53. The molecular weight excluding hydrogens is 176 g/mol. The first kappa shape index (κ1) is 12.3. The maximum atomic E-state index is 11.5. The molecule has 0 aromatic heterocycles. The molecule has 13 heavy (non-hydrogen) atoms. The largest absolute Gasteiger partial charge is 0.460 e. The molecule has 0 amide bonds. The minimum atomic E-state index is -2.50. The zero-order valence-electron chi connectivity index (χ0n) is 8.16. The van der Waals surface area contributed by atoms with E-state index in [1.165, 1.54) is 0 Å². The van der Waals surface area contributed by atoms with Crippen molar-refractivity contribution >= 4 is 5.97 Å². The maximum Gasteiger partial charge on any atom is 0.414 e. The van der Waals surface area contributed by atoms with E-state index in [2.05, 4.69) is 14.2 Å². The summed E-state index contributed by atoms with van der Waals surface area (Å²) in [6.45, 7) is 5.14. The molecule has 0 heterocycles. The number of hydrogen-bond acceptors (Lipinski definition) is 4. The molecule has 0 aliphatic carbocycles. The van der Waals surface area contributed by atoms with Gasteiger partial charge in [-0.3, -0.25) is 0 Å². The first-order valence-electron chi connectivity index (χ1n) is 4.26. The second-order valence-electron chi connectivity index (χ2n) is 2.14. The Bertz CT molecular complexity index is 151. The van der Waals surface area contributed by atoms with Crippen LogP contribution in [-0.4, -0.2) is 31.8 Å². The molecule has 0 aromatic carbocycles. The Hall–Kier alpha value is -0.650. The molecular formula is C8H15O5. The summed E-state index contributed by atoms with van der Waals surface area (Å²) < 4.78 is 13.8. The van der Waals surface area contributed by atoms with Crippen molar-refractivity contribution in [3.8, 4) is 0 Å². The van der Waals surface area contributed by atoms with Crippen LogP contribution in [0.3, 0.4) is 0 Å². The third-order valence-corrected chi connectivity index (χ3v) is 1.19. The molecule has 5 heteroatoms. The third-order valence-electron chi connectivity index (χ3n) is 1.19. The Morgan fingerprint density at radius 2 is 1.54 bits per heavy atom. The van der Waals surface area contributed by atoms with Crippen LogP contribution in [0.2, 0.25) is 0 Å². The molecule has 0 bridgehead atoms. The molecule has 1 radical (unpaired) electrons.